The highest BCUT2D eigenvalue weighted by Gasteiger charge is 2.34. The lowest BCUT2D eigenvalue weighted by molar-refractivity contribution is -0.145. The summed E-state index contributed by atoms with van der Waals surface area (Å²) in [5.74, 6) is -3.44. The van der Waals surface area contributed by atoms with Gasteiger partial charge in [-0.05, 0) is 30.5 Å². The van der Waals surface area contributed by atoms with Crippen molar-refractivity contribution in [1.82, 2.24) is 20.2 Å². The maximum Gasteiger partial charge on any atom is 0.329 e. The molecule has 1 aromatic heterocycles. The molecule has 3 aromatic rings. The van der Waals surface area contributed by atoms with Crippen LogP contribution in [0.25, 0.3) is 10.9 Å². The van der Waals surface area contributed by atoms with Gasteiger partial charge < -0.3 is 25.8 Å². The molecule has 0 saturated heterocycles. The number of aliphatic hydroxyl groups is 1. The van der Waals surface area contributed by atoms with E-state index in [0.29, 0.717) is 17.5 Å². The van der Waals surface area contributed by atoms with Crippen LogP contribution in [0.1, 0.15) is 38.8 Å². The summed E-state index contributed by atoms with van der Waals surface area (Å²) < 4.78 is 0.839. The van der Waals surface area contributed by atoms with Crippen LogP contribution in [0, 0.1) is 5.92 Å². The summed E-state index contributed by atoms with van der Waals surface area (Å²) in [6.07, 6.45) is -0.955. The Morgan fingerprint density at radius 2 is 1.53 bits per heavy atom. The molecule has 0 aliphatic carbocycles. The topological polar surface area (TPSA) is 171 Å². The molecule has 0 aliphatic rings. The van der Waals surface area contributed by atoms with E-state index in [2.05, 4.69) is 15.6 Å². The average molecular weight is 525 g/mol. The molecule has 0 bridgehead atoms. The normalized spacial score (nSPS) is 15.2. The summed E-state index contributed by atoms with van der Waals surface area (Å²) >= 11 is 0. The number of para-hydroxylation sites is 1. The van der Waals surface area contributed by atoms with E-state index in [1.54, 1.807) is 68.4 Å². The fraction of sp³-hybridized carbons (Fsp3) is 0.370. The highest BCUT2D eigenvalue weighted by Crippen LogP contribution is 2.16. The number of carbonyl (C=O) groups excluding carboxylic acids is 2. The molecule has 0 aliphatic heterocycles. The summed E-state index contributed by atoms with van der Waals surface area (Å²) in [4.78, 5) is 67.4. The third kappa shape index (κ3) is 6.35. The van der Waals surface area contributed by atoms with Gasteiger partial charge in [-0.15, -0.1) is 0 Å². The number of aliphatic carboxylic acids is 1. The maximum absolute atomic E-state index is 13.7. The first-order valence-corrected chi connectivity index (χ1v) is 12.3. The Labute approximate surface area is 218 Å². The Hall–Kier alpha value is -4.25. The zero-order chi connectivity index (χ0) is 28.0. The Kier molecular flexibility index (Phi) is 9.19. The van der Waals surface area contributed by atoms with Gasteiger partial charge >= 0.3 is 11.7 Å². The zero-order valence-electron chi connectivity index (χ0n) is 21.4. The molecule has 38 heavy (non-hydrogen) atoms. The number of H-pyrrole nitrogens is 1. The van der Waals surface area contributed by atoms with Crippen LogP contribution >= 0.6 is 0 Å². The largest absolute Gasteiger partial charge is 0.480 e. The van der Waals surface area contributed by atoms with E-state index in [-0.39, 0.29) is 11.8 Å². The number of nitrogens with one attached hydrogen (secondary N) is 3. The fourth-order valence-corrected chi connectivity index (χ4v) is 4.18. The van der Waals surface area contributed by atoms with E-state index in [1.807, 2.05) is 0 Å². The number of aliphatic hydroxyl groups excluding tert-OH is 1. The van der Waals surface area contributed by atoms with Gasteiger partial charge in [0.1, 0.15) is 12.1 Å². The first-order chi connectivity index (χ1) is 18.0. The number of carboxylic acid groups (broad SMARTS) is 1. The van der Waals surface area contributed by atoms with E-state index in [4.69, 9.17) is 0 Å². The SMILES string of the molecule is CC[C@@H](C)[C@H](NC(=O)[C@H](Cc1ccccc1)n1c(=O)[nH]c2ccccc2c1=O)C(=O)N[C@H](C(=O)O)[C@@H](C)O. The minimum Gasteiger partial charge on any atom is -0.480 e. The van der Waals surface area contributed by atoms with Crippen molar-refractivity contribution in [3.05, 3.63) is 81.0 Å². The smallest absolute Gasteiger partial charge is 0.329 e. The number of aromatic nitrogens is 2. The van der Waals surface area contributed by atoms with Crippen molar-refractivity contribution in [3.8, 4) is 0 Å². The molecule has 0 spiro atoms. The second-order valence-electron chi connectivity index (χ2n) is 9.29. The first kappa shape index (κ1) is 28.3. The number of carboxylic acids is 1. The Morgan fingerprint density at radius 3 is 2.13 bits per heavy atom. The molecule has 5 N–H and O–H groups in total. The van der Waals surface area contributed by atoms with Gasteiger partial charge in [0.2, 0.25) is 11.8 Å². The van der Waals surface area contributed by atoms with Gasteiger partial charge in [-0.1, -0.05) is 62.7 Å². The predicted molar refractivity (Wildman–Crippen MR) is 141 cm³/mol. The van der Waals surface area contributed by atoms with Crippen LogP contribution in [-0.4, -0.2) is 55.7 Å². The zero-order valence-corrected chi connectivity index (χ0v) is 21.4. The molecule has 0 fully saturated rings. The fourth-order valence-electron chi connectivity index (χ4n) is 4.18. The average Bonchev–Trinajstić information content (AvgIpc) is 2.89. The lowest BCUT2D eigenvalue weighted by Crippen LogP contribution is -2.58. The number of hydrogen-bond acceptors (Lipinski definition) is 6. The molecule has 1 heterocycles. The lowest BCUT2D eigenvalue weighted by atomic mass is 9.96. The van der Waals surface area contributed by atoms with Crippen LogP contribution in [0.15, 0.2) is 64.2 Å². The third-order valence-corrected chi connectivity index (χ3v) is 6.56. The van der Waals surface area contributed by atoms with Gasteiger partial charge in [0.05, 0.1) is 17.0 Å². The minimum atomic E-state index is -1.59. The minimum absolute atomic E-state index is 0.0196. The van der Waals surface area contributed by atoms with Gasteiger partial charge in [0.25, 0.3) is 5.56 Å². The van der Waals surface area contributed by atoms with Gasteiger partial charge in [-0.3, -0.25) is 14.4 Å². The Bertz CT molecular complexity index is 1410. The number of benzene rings is 2. The summed E-state index contributed by atoms with van der Waals surface area (Å²) in [5.41, 5.74) is -0.441. The Balaban J connectivity index is 2.04. The lowest BCUT2D eigenvalue weighted by Gasteiger charge is -2.28. The number of nitrogens with zero attached hydrogens (tertiary/aromatic N) is 1. The predicted octanol–water partition coefficient (Wildman–Crippen LogP) is 0.955. The molecular weight excluding hydrogens is 492 g/mol. The number of fused-ring (bicyclic) bond motifs is 1. The molecule has 0 radical (unpaired) electrons. The monoisotopic (exact) mass is 524 g/mol. The number of carbonyl (C=O) groups is 3. The molecule has 11 nitrogen and oxygen atoms in total. The third-order valence-electron chi connectivity index (χ3n) is 6.56. The van der Waals surface area contributed by atoms with Crippen LogP contribution in [0.4, 0.5) is 0 Å². The quantitative estimate of drug-likeness (QED) is 0.249. The highest BCUT2D eigenvalue weighted by molar-refractivity contribution is 5.92. The van der Waals surface area contributed by atoms with Crippen LogP contribution in [0.5, 0.6) is 0 Å². The van der Waals surface area contributed by atoms with Crippen molar-refractivity contribution in [3.63, 3.8) is 0 Å². The van der Waals surface area contributed by atoms with Crippen molar-refractivity contribution in [2.45, 2.75) is 57.8 Å². The van der Waals surface area contributed by atoms with Gasteiger partial charge in [-0.2, -0.15) is 0 Å². The van der Waals surface area contributed by atoms with E-state index in [0.717, 1.165) is 4.57 Å². The van der Waals surface area contributed by atoms with Gasteiger partial charge in [0.15, 0.2) is 6.04 Å². The van der Waals surface area contributed by atoms with Gasteiger partial charge in [-0.25, -0.2) is 14.2 Å². The first-order valence-electron chi connectivity index (χ1n) is 12.3. The Morgan fingerprint density at radius 1 is 0.921 bits per heavy atom. The second-order valence-corrected chi connectivity index (χ2v) is 9.29. The second kappa shape index (κ2) is 12.3. The number of aromatic amines is 1. The molecule has 5 atom stereocenters. The van der Waals surface area contributed by atoms with Gasteiger partial charge in [0, 0.05) is 6.42 Å². The van der Waals surface area contributed by atoms with E-state index < -0.39 is 59.2 Å². The van der Waals surface area contributed by atoms with E-state index >= 15 is 0 Å². The van der Waals surface area contributed by atoms with Crippen molar-refractivity contribution < 1.29 is 24.6 Å². The van der Waals surface area contributed by atoms with E-state index in [1.165, 1.54) is 6.92 Å². The van der Waals surface area contributed by atoms with Crippen molar-refractivity contribution in [1.29, 1.82) is 0 Å². The molecular formula is C27H32N4O7. The number of rotatable bonds is 11. The standard InChI is InChI=1S/C27H32N4O7/c1-4-15(2)21(24(34)30-22(16(3)32)26(36)37)29-23(33)20(14-17-10-6-5-7-11-17)31-25(35)18-12-8-9-13-19(18)28-27(31)38/h5-13,15-16,20-22,32H,4,14H2,1-3H3,(H,28,38)(H,29,33)(H,30,34)(H,36,37)/t15-,16-,20+,21+,22+/m1/s1. The molecule has 2 amide bonds. The number of amides is 2. The molecule has 0 saturated carbocycles. The summed E-state index contributed by atoms with van der Waals surface area (Å²) in [5, 5.41) is 24.3. The molecule has 3 rings (SSSR count). The molecule has 202 valence electrons. The van der Waals surface area contributed by atoms with Crippen molar-refractivity contribution in [2.75, 3.05) is 0 Å². The summed E-state index contributed by atoms with van der Waals surface area (Å²) in [6, 6.07) is 11.1. The molecule has 0 unspecified atom stereocenters. The van der Waals surface area contributed by atoms with Crippen LogP contribution in [-0.2, 0) is 20.8 Å². The van der Waals surface area contributed by atoms with E-state index in [9.17, 15) is 34.2 Å². The summed E-state index contributed by atoms with van der Waals surface area (Å²) in [7, 11) is 0. The van der Waals surface area contributed by atoms with Crippen LogP contribution < -0.4 is 21.9 Å². The number of hydrogen-bond donors (Lipinski definition) is 5. The van der Waals surface area contributed by atoms with Crippen LogP contribution in [0.3, 0.4) is 0 Å². The maximum atomic E-state index is 13.7. The summed E-state index contributed by atoms with van der Waals surface area (Å²) in [6.45, 7) is 4.72. The van der Waals surface area contributed by atoms with Crippen molar-refractivity contribution in [2.24, 2.45) is 5.92 Å². The molecule has 11 heteroatoms. The highest BCUT2D eigenvalue weighted by atomic mass is 16.4. The molecule has 2 aromatic carbocycles. The van der Waals surface area contributed by atoms with Crippen molar-refractivity contribution >= 4 is 28.7 Å². The van der Waals surface area contributed by atoms with Crippen LogP contribution in [0.2, 0.25) is 0 Å².